The number of hydrogen-bond acceptors (Lipinski definition) is 8. The first-order valence-corrected chi connectivity index (χ1v) is 8.71. The number of carbonyl (C=O) groups is 1. The summed E-state index contributed by atoms with van der Waals surface area (Å²) in [6.07, 6.45) is 0. The zero-order valence-corrected chi connectivity index (χ0v) is 16.5. The third-order valence-corrected chi connectivity index (χ3v) is 3.91. The monoisotopic (exact) mass is 411 g/mol. The molecular formula is C21H18FN3O5. The molecule has 0 radical (unpaired) electrons. The number of ether oxygens (including phenoxy) is 4. The van der Waals surface area contributed by atoms with Gasteiger partial charge >= 0.3 is 24.0 Å². The minimum Gasteiger partial charge on any atom is -0.467 e. The Morgan fingerprint density at radius 3 is 1.97 bits per heavy atom. The highest BCUT2D eigenvalue weighted by molar-refractivity contribution is 6.00. The van der Waals surface area contributed by atoms with Gasteiger partial charge in [0.1, 0.15) is 5.82 Å². The van der Waals surface area contributed by atoms with E-state index in [-0.39, 0.29) is 23.8 Å². The Morgan fingerprint density at radius 2 is 1.40 bits per heavy atom. The van der Waals surface area contributed by atoms with Crippen molar-refractivity contribution in [3.63, 3.8) is 0 Å². The third-order valence-electron chi connectivity index (χ3n) is 3.91. The van der Waals surface area contributed by atoms with E-state index in [0.29, 0.717) is 16.7 Å². The second-order valence-corrected chi connectivity index (χ2v) is 5.77. The molecule has 8 nitrogen and oxygen atoms in total. The zero-order chi connectivity index (χ0) is 21.5. The minimum atomic E-state index is -0.809. The first-order chi connectivity index (χ1) is 14.5. The lowest BCUT2D eigenvalue weighted by molar-refractivity contribution is -0.138. The van der Waals surface area contributed by atoms with Crippen molar-refractivity contribution in [3.05, 3.63) is 77.3 Å². The van der Waals surface area contributed by atoms with Crippen LogP contribution < -0.4 is 14.2 Å². The normalized spacial score (nSPS) is 11.3. The highest BCUT2D eigenvalue weighted by atomic mass is 19.1. The lowest BCUT2D eigenvalue weighted by Gasteiger charge is -2.15. The van der Waals surface area contributed by atoms with Crippen molar-refractivity contribution in [3.8, 4) is 18.0 Å². The average molecular weight is 411 g/mol. The lowest BCUT2D eigenvalue weighted by atomic mass is 9.96. The number of hydrogen-bond donors (Lipinski definition) is 0. The van der Waals surface area contributed by atoms with E-state index in [4.69, 9.17) is 18.9 Å². The molecule has 0 aliphatic heterocycles. The van der Waals surface area contributed by atoms with Gasteiger partial charge in [-0.3, -0.25) is 0 Å². The summed E-state index contributed by atoms with van der Waals surface area (Å²) in [5, 5.41) is 0. The van der Waals surface area contributed by atoms with E-state index in [2.05, 4.69) is 15.0 Å². The molecule has 0 spiro atoms. The summed E-state index contributed by atoms with van der Waals surface area (Å²) in [5.74, 6) is -1.53. The quantitative estimate of drug-likeness (QED) is 0.333. The van der Waals surface area contributed by atoms with E-state index in [1.54, 1.807) is 30.3 Å². The topological polar surface area (TPSA) is 92.7 Å². The van der Waals surface area contributed by atoms with Gasteiger partial charge in [0.25, 0.3) is 0 Å². The van der Waals surface area contributed by atoms with Crippen LogP contribution in [-0.2, 0) is 9.53 Å². The second kappa shape index (κ2) is 9.46. The maximum atomic E-state index is 14.0. The summed E-state index contributed by atoms with van der Waals surface area (Å²) in [6, 6.07) is 14.2. The molecular weight excluding hydrogens is 393 g/mol. The van der Waals surface area contributed by atoms with Gasteiger partial charge in [0.15, 0.2) is 0 Å². The van der Waals surface area contributed by atoms with Crippen molar-refractivity contribution in [2.24, 2.45) is 0 Å². The molecule has 0 fully saturated rings. The molecule has 30 heavy (non-hydrogen) atoms. The van der Waals surface area contributed by atoms with Crippen LogP contribution in [0, 0.1) is 5.82 Å². The highest BCUT2D eigenvalue weighted by Crippen LogP contribution is 2.29. The number of benzene rings is 2. The number of halogens is 1. The molecule has 9 heteroatoms. The number of aromatic nitrogens is 3. The van der Waals surface area contributed by atoms with Crippen molar-refractivity contribution in [2.45, 2.75) is 0 Å². The number of carbonyl (C=O) groups excluding carboxylic acids is 1. The number of rotatable bonds is 7. The van der Waals surface area contributed by atoms with Crippen LogP contribution in [0.25, 0.3) is 5.57 Å². The minimum absolute atomic E-state index is 0.0758. The zero-order valence-electron chi connectivity index (χ0n) is 16.5. The summed E-state index contributed by atoms with van der Waals surface area (Å²) in [7, 11) is 3.92. The highest BCUT2D eigenvalue weighted by Gasteiger charge is 2.24. The van der Waals surface area contributed by atoms with E-state index >= 15 is 0 Å². The van der Waals surface area contributed by atoms with Crippen LogP contribution in [0.2, 0.25) is 0 Å². The van der Waals surface area contributed by atoms with E-state index in [1.807, 2.05) is 6.07 Å². The molecule has 1 heterocycles. The summed E-state index contributed by atoms with van der Waals surface area (Å²) in [6.45, 7) is 0. The molecule has 0 aliphatic carbocycles. The molecule has 0 atom stereocenters. The van der Waals surface area contributed by atoms with Gasteiger partial charge in [-0.1, -0.05) is 42.5 Å². The number of esters is 1. The molecule has 154 valence electrons. The standard InChI is InChI=1S/C21H18FN3O5/c1-27-18(26)17(30-21-24-19(28-2)23-20(25-21)29-3)16(13-8-5-4-6-9-13)14-10-7-11-15(22)12-14/h4-12H,1-3H3/b17-16+. The Morgan fingerprint density at radius 1 is 0.800 bits per heavy atom. The van der Waals surface area contributed by atoms with Crippen LogP contribution in [0.5, 0.6) is 18.0 Å². The van der Waals surface area contributed by atoms with Crippen LogP contribution in [0.1, 0.15) is 11.1 Å². The van der Waals surface area contributed by atoms with E-state index < -0.39 is 11.8 Å². The fraction of sp³-hybridized carbons (Fsp3) is 0.143. The van der Waals surface area contributed by atoms with Crippen molar-refractivity contribution >= 4 is 11.5 Å². The molecule has 0 amide bonds. The summed E-state index contributed by atoms with van der Waals surface area (Å²) in [4.78, 5) is 24.5. The van der Waals surface area contributed by atoms with Crippen molar-refractivity contribution < 1.29 is 28.1 Å². The SMILES string of the molecule is COC(=O)/C(Oc1nc(OC)nc(OC)n1)=C(/c1ccccc1)c1cccc(F)c1. The van der Waals surface area contributed by atoms with Crippen molar-refractivity contribution in [2.75, 3.05) is 21.3 Å². The van der Waals surface area contributed by atoms with Gasteiger partial charge in [-0.05, 0) is 23.3 Å². The molecule has 0 bridgehead atoms. The second-order valence-electron chi connectivity index (χ2n) is 5.77. The fourth-order valence-corrected chi connectivity index (χ4v) is 2.61. The molecule has 3 aromatic rings. The van der Waals surface area contributed by atoms with Crippen LogP contribution in [0.15, 0.2) is 60.4 Å². The smallest absolute Gasteiger partial charge is 0.374 e. The largest absolute Gasteiger partial charge is 0.467 e. The van der Waals surface area contributed by atoms with Crippen LogP contribution >= 0.6 is 0 Å². The Balaban J connectivity index is 2.24. The lowest BCUT2D eigenvalue weighted by Crippen LogP contribution is -2.16. The Hall–Kier alpha value is -4.01. The fourth-order valence-electron chi connectivity index (χ4n) is 2.61. The van der Waals surface area contributed by atoms with Crippen LogP contribution in [-0.4, -0.2) is 42.3 Å². The summed E-state index contributed by atoms with van der Waals surface area (Å²) in [5.41, 5.74) is 1.28. The number of methoxy groups -OCH3 is 3. The molecule has 0 saturated heterocycles. The van der Waals surface area contributed by atoms with Crippen molar-refractivity contribution in [1.29, 1.82) is 0 Å². The summed E-state index contributed by atoms with van der Waals surface area (Å²) >= 11 is 0. The first kappa shape index (κ1) is 20.7. The predicted octanol–water partition coefficient (Wildman–Crippen LogP) is 3.04. The third kappa shape index (κ3) is 4.69. The maximum Gasteiger partial charge on any atom is 0.374 e. The Bertz CT molecular complexity index is 1050. The van der Waals surface area contributed by atoms with Gasteiger partial charge in [0.05, 0.1) is 21.3 Å². The summed E-state index contributed by atoms with van der Waals surface area (Å²) < 4.78 is 34.6. The maximum absolute atomic E-state index is 14.0. The number of nitrogens with zero attached hydrogens (tertiary/aromatic N) is 3. The van der Waals surface area contributed by atoms with E-state index in [9.17, 15) is 9.18 Å². The molecule has 0 N–H and O–H groups in total. The van der Waals surface area contributed by atoms with Gasteiger partial charge in [0.2, 0.25) is 5.76 Å². The predicted molar refractivity (Wildman–Crippen MR) is 104 cm³/mol. The van der Waals surface area contributed by atoms with Gasteiger partial charge in [-0.15, -0.1) is 15.0 Å². The van der Waals surface area contributed by atoms with Gasteiger partial charge in [0, 0.05) is 5.57 Å². The van der Waals surface area contributed by atoms with Crippen LogP contribution in [0.4, 0.5) is 4.39 Å². The molecule has 1 aromatic heterocycles. The van der Waals surface area contributed by atoms with Gasteiger partial charge in [-0.25, -0.2) is 9.18 Å². The van der Waals surface area contributed by atoms with Gasteiger partial charge < -0.3 is 18.9 Å². The molecule has 0 aliphatic rings. The Kier molecular flexibility index (Phi) is 6.53. The van der Waals surface area contributed by atoms with E-state index in [1.165, 1.54) is 39.5 Å². The van der Waals surface area contributed by atoms with Gasteiger partial charge in [-0.2, -0.15) is 0 Å². The molecule has 3 rings (SSSR count). The molecule has 0 unspecified atom stereocenters. The Labute approximate surface area is 171 Å². The first-order valence-electron chi connectivity index (χ1n) is 8.71. The molecule has 0 saturated carbocycles. The van der Waals surface area contributed by atoms with E-state index in [0.717, 1.165) is 0 Å². The molecule has 2 aromatic carbocycles. The average Bonchev–Trinajstić information content (AvgIpc) is 2.78. The van der Waals surface area contributed by atoms with Crippen LogP contribution in [0.3, 0.4) is 0 Å². The van der Waals surface area contributed by atoms with Crippen molar-refractivity contribution in [1.82, 2.24) is 15.0 Å².